The number of carbonyl (C=O) groups excluding carboxylic acids is 1. The fourth-order valence-electron chi connectivity index (χ4n) is 2.57. The van der Waals surface area contributed by atoms with Crippen LogP contribution in [0.3, 0.4) is 0 Å². The van der Waals surface area contributed by atoms with Crippen LogP contribution >= 0.6 is 11.6 Å². The number of benzene rings is 2. The van der Waals surface area contributed by atoms with E-state index in [0.29, 0.717) is 6.54 Å². The Morgan fingerprint density at radius 2 is 1.64 bits per heavy atom. The lowest BCUT2D eigenvalue weighted by Crippen LogP contribution is -2.40. The van der Waals surface area contributed by atoms with E-state index >= 15 is 0 Å². The monoisotopic (exact) mass is 317 g/mol. The van der Waals surface area contributed by atoms with E-state index in [2.05, 4.69) is 0 Å². The summed E-state index contributed by atoms with van der Waals surface area (Å²) in [5.41, 5.74) is 1.90. The van der Waals surface area contributed by atoms with Crippen molar-refractivity contribution in [3.8, 4) is 0 Å². The van der Waals surface area contributed by atoms with Gasteiger partial charge in [0.1, 0.15) is 5.88 Å². The number of aliphatic hydroxyl groups excluding tert-OH is 1. The molecule has 0 heterocycles. The van der Waals surface area contributed by atoms with Crippen molar-refractivity contribution >= 4 is 17.5 Å². The van der Waals surface area contributed by atoms with Gasteiger partial charge in [0.05, 0.1) is 12.1 Å². The molecular formula is C18H20ClNO2. The number of alkyl halides is 1. The number of hydrogen-bond donors (Lipinski definition) is 1. The first-order valence-corrected chi connectivity index (χ1v) is 7.79. The van der Waals surface area contributed by atoms with Gasteiger partial charge in [0.15, 0.2) is 0 Å². The molecular weight excluding hydrogens is 298 g/mol. The highest BCUT2D eigenvalue weighted by atomic mass is 35.5. The van der Waals surface area contributed by atoms with Crippen molar-refractivity contribution in [3.05, 3.63) is 71.8 Å². The smallest absolute Gasteiger partial charge is 0.238 e. The molecule has 0 aliphatic heterocycles. The zero-order chi connectivity index (χ0) is 15.9. The summed E-state index contributed by atoms with van der Waals surface area (Å²) >= 11 is 5.78. The van der Waals surface area contributed by atoms with E-state index in [1.807, 2.05) is 60.7 Å². The first kappa shape index (κ1) is 16.5. The van der Waals surface area contributed by atoms with Gasteiger partial charge in [0, 0.05) is 6.54 Å². The van der Waals surface area contributed by atoms with Crippen LogP contribution in [0.2, 0.25) is 0 Å². The molecule has 2 aromatic rings. The average molecular weight is 318 g/mol. The summed E-state index contributed by atoms with van der Waals surface area (Å²) in [7, 11) is 0. The summed E-state index contributed by atoms with van der Waals surface area (Å²) in [6.07, 6.45) is -0.696. The molecule has 2 aromatic carbocycles. The molecule has 3 nitrogen and oxygen atoms in total. The van der Waals surface area contributed by atoms with E-state index in [1.54, 1.807) is 11.8 Å². The van der Waals surface area contributed by atoms with Crippen LogP contribution in [0.25, 0.3) is 0 Å². The van der Waals surface area contributed by atoms with E-state index in [9.17, 15) is 9.90 Å². The van der Waals surface area contributed by atoms with Gasteiger partial charge in [-0.05, 0) is 18.1 Å². The lowest BCUT2D eigenvalue weighted by molar-refractivity contribution is -0.134. The van der Waals surface area contributed by atoms with E-state index in [-0.39, 0.29) is 11.8 Å². The number of carbonyl (C=O) groups is 1. The lowest BCUT2D eigenvalue weighted by Gasteiger charge is -2.34. The van der Waals surface area contributed by atoms with Crippen LogP contribution in [0.1, 0.15) is 24.1 Å². The molecule has 0 radical (unpaired) electrons. The van der Waals surface area contributed by atoms with Crippen LogP contribution < -0.4 is 0 Å². The van der Waals surface area contributed by atoms with Gasteiger partial charge < -0.3 is 10.0 Å². The molecule has 0 aliphatic rings. The van der Waals surface area contributed by atoms with Gasteiger partial charge in [-0.25, -0.2) is 0 Å². The summed E-state index contributed by atoms with van der Waals surface area (Å²) in [5, 5.41) is 10.2. The molecule has 0 bridgehead atoms. The second kappa shape index (κ2) is 7.97. The highest BCUT2D eigenvalue weighted by molar-refractivity contribution is 6.27. The van der Waals surface area contributed by atoms with Gasteiger partial charge in [-0.1, -0.05) is 60.7 Å². The molecule has 2 rings (SSSR count). The first-order valence-electron chi connectivity index (χ1n) is 7.26. The second-order valence-electron chi connectivity index (χ2n) is 5.24. The number of nitrogens with zero attached hydrogens (tertiary/aromatic N) is 1. The molecule has 0 saturated carbocycles. The van der Waals surface area contributed by atoms with Gasteiger partial charge in [-0.3, -0.25) is 4.79 Å². The average Bonchev–Trinajstić information content (AvgIpc) is 2.55. The normalized spacial score (nSPS) is 13.4. The van der Waals surface area contributed by atoms with E-state index in [1.165, 1.54) is 0 Å². The maximum absolute atomic E-state index is 12.3. The predicted octanol–water partition coefficient (Wildman–Crippen LogP) is 3.38. The van der Waals surface area contributed by atoms with Gasteiger partial charge in [-0.15, -0.1) is 11.6 Å². The molecule has 116 valence electrons. The third kappa shape index (κ3) is 4.09. The highest BCUT2D eigenvalue weighted by Gasteiger charge is 2.28. The number of aliphatic hydroxyl groups is 1. The van der Waals surface area contributed by atoms with Crippen LogP contribution in [-0.4, -0.2) is 27.9 Å². The SMILES string of the molecule is C[C@H](O)[C@@H](c1ccccc1)N(Cc1ccccc1)C(=O)CCl. The quantitative estimate of drug-likeness (QED) is 0.830. The molecule has 1 amide bonds. The van der Waals surface area contributed by atoms with Crippen molar-refractivity contribution < 1.29 is 9.90 Å². The van der Waals surface area contributed by atoms with Crippen molar-refractivity contribution in [3.63, 3.8) is 0 Å². The zero-order valence-corrected chi connectivity index (χ0v) is 13.3. The first-order chi connectivity index (χ1) is 10.6. The van der Waals surface area contributed by atoms with Crippen molar-refractivity contribution in [1.29, 1.82) is 0 Å². The summed E-state index contributed by atoms with van der Waals surface area (Å²) in [6, 6.07) is 18.8. The summed E-state index contributed by atoms with van der Waals surface area (Å²) in [6.45, 7) is 2.11. The molecule has 1 N–H and O–H groups in total. The van der Waals surface area contributed by atoms with Crippen LogP contribution in [0, 0.1) is 0 Å². The van der Waals surface area contributed by atoms with Crippen molar-refractivity contribution in [1.82, 2.24) is 4.90 Å². The topological polar surface area (TPSA) is 40.5 Å². The van der Waals surface area contributed by atoms with Crippen LogP contribution in [0.5, 0.6) is 0 Å². The Kier molecular flexibility index (Phi) is 5.99. The molecule has 0 aliphatic carbocycles. The van der Waals surface area contributed by atoms with Crippen LogP contribution in [0.4, 0.5) is 0 Å². The molecule has 0 fully saturated rings. The Morgan fingerprint density at radius 3 is 2.14 bits per heavy atom. The van der Waals surface area contributed by atoms with E-state index < -0.39 is 12.1 Å². The van der Waals surface area contributed by atoms with E-state index in [4.69, 9.17) is 11.6 Å². The molecule has 0 spiro atoms. The Labute approximate surface area is 136 Å². The highest BCUT2D eigenvalue weighted by Crippen LogP contribution is 2.26. The number of amides is 1. The Bertz CT molecular complexity index is 587. The minimum Gasteiger partial charge on any atom is -0.391 e. The standard InChI is InChI=1S/C18H20ClNO2/c1-14(21)18(16-10-6-3-7-11-16)20(17(22)12-19)13-15-8-4-2-5-9-15/h2-11,14,18,21H,12-13H2,1H3/t14-,18-/m0/s1. The van der Waals surface area contributed by atoms with Crippen LogP contribution in [-0.2, 0) is 11.3 Å². The van der Waals surface area contributed by atoms with Crippen molar-refractivity contribution in [2.75, 3.05) is 5.88 Å². The van der Waals surface area contributed by atoms with E-state index in [0.717, 1.165) is 11.1 Å². The van der Waals surface area contributed by atoms with Crippen molar-refractivity contribution in [2.45, 2.75) is 25.6 Å². The molecule has 0 aromatic heterocycles. The number of hydrogen-bond acceptors (Lipinski definition) is 2. The minimum atomic E-state index is -0.696. The fourth-order valence-corrected chi connectivity index (χ4v) is 2.72. The third-order valence-electron chi connectivity index (χ3n) is 3.56. The largest absolute Gasteiger partial charge is 0.391 e. The Hall–Kier alpha value is -1.84. The molecule has 0 unspecified atom stereocenters. The third-order valence-corrected chi connectivity index (χ3v) is 3.79. The number of halogens is 1. The maximum Gasteiger partial charge on any atom is 0.238 e. The molecule has 2 atom stereocenters. The predicted molar refractivity (Wildman–Crippen MR) is 88.6 cm³/mol. The molecule has 0 saturated heterocycles. The summed E-state index contributed by atoms with van der Waals surface area (Å²) in [4.78, 5) is 14.0. The van der Waals surface area contributed by atoms with Gasteiger partial charge >= 0.3 is 0 Å². The van der Waals surface area contributed by atoms with Gasteiger partial charge in [0.25, 0.3) is 0 Å². The van der Waals surface area contributed by atoms with Gasteiger partial charge in [0.2, 0.25) is 5.91 Å². The van der Waals surface area contributed by atoms with Crippen molar-refractivity contribution in [2.24, 2.45) is 0 Å². The zero-order valence-electron chi connectivity index (χ0n) is 12.5. The summed E-state index contributed by atoms with van der Waals surface area (Å²) in [5.74, 6) is -0.302. The molecule has 22 heavy (non-hydrogen) atoms. The Morgan fingerprint density at radius 1 is 1.09 bits per heavy atom. The maximum atomic E-state index is 12.3. The summed E-state index contributed by atoms with van der Waals surface area (Å²) < 4.78 is 0. The fraction of sp³-hybridized carbons (Fsp3) is 0.278. The van der Waals surface area contributed by atoms with Gasteiger partial charge in [-0.2, -0.15) is 0 Å². The molecule has 4 heteroatoms. The second-order valence-corrected chi connectivity index (χ2v) is 5.50. The number of rotatable bonds is 6. The Balaban J connectivity index is 2.35. The minimum absolute atomic E-state index is 0.108. The lowest BCUT2D eigenvalue weighted by atomic mass is 9.99. The van der Waals surface area contributed by atoms with Crippen LogP contribution in [0.15, 0.2) is 60.7 Å².